The van der Waals surface area contributed by atoms with E-state index in [-0.39, 0.29) is 28.3 Å². The molecule has 1 aliphatic heterocycles. The van der Waals surface area contributed by atoms with Crippen LogP contribution in [0.3, 0.4) is 0 Å². The molecule has 0 saturated heterocycles. The van der Waals surface area contributed by atoms with E-state index in [1.165, 1.54) is 6.07 Å². The Morgan fingerprint density at radius 2 is 1.59 bits per heavy atom. The number of rotatable bonds is 2. The first-order valence-corrected chi connectivity index (χ1v) is 8.81. The molecule has 0 unspecified atom stereocenters. The Morgan fingerprint density at radius 1 is 0.897 bits per heavy atom. The monoisotopic (exact) mass is 387 g/mol. The molecule has 8 nitrogen and oxygen atoms in total. The van der Waals surface area contributed by atoms with E-state index in [4.69, 9.17) is 0 Å². The standard InChI is InChI=1S/C21H13N3O5/c25-17-11-7-3-2-6-10(11)16-14(17)13(9-5-1-4-8-12(9)20(27)28)15-18(22-16)23-21(29)24-19(15)26/h1-8,13H,(H,27,28)(H3,22,23,24,26,29)/t13-/m0/s1. The predicted octanol–water partition coefficient (Wildman–Crippen LogP) is 1.93. The second-order valence-corrected chi connectivity index (χ2v) is 6.81. The van der Waals surface area contributed by atoms with Crippen molar-refractivity contribution in [2.45, 2.75) is 5.92 Å². The molecule has 0 amide bonds. The van der Waals surface area contributed by atoms with Crippen LogP contribution in [0.1, 0.15) is 43.3 Å². The van der Waals surface area contributed by atoms with E-state index in [9.17, 15) is 24.3 Å². The molecule has 0 saturated carbocycles. The predicted molar refractivity (Wildman–Crippen MR) is 104 cm³/mol. The van der Waals surface area contributed by atoms with E-state index < -0.39 is 23.1 Å². The van der Waals surface area contributed by atoms with E-state index in [0.717, 1.165) is 0 Å². The molecule has 142 valence electrons. The lowest BCUT2D eigenvalue weighted by Gasteiger charge is -2.28. The lowest BCUT2D eigenvalue weighted by molar-refractivity contribution is 0.0695. The Balaban J connectivity index is 1.88. The number of fused-ring (bicyclic) bond motifs is 3. The van der Waals surface area contributed by atoms with E-state index in [1.54, 1.807) is 42.5 Å². The second kappa shape index (κ2) is 5.90. The first-order chi connectivity index (χ1) is 14.0. The van der Waals surface area contributed by atoms with Gasteiger partial charge in [-0.25, -0.2) is 9.59 Å². The minimum absolute atomic E-state index is 0.0217. The average Bonchev–Trinajstić information content (AvgIpc) is 2.98. The molecule has 0 bridgehead atoms. The fourth-order valence-corrected chi connectivity index (χ4v) is 4.11. The van der Waals surface area contributed by atoms with Crippen LogP contribution >= 0.6 is 0 Å². The lowest BCUT2D eigenvalue weighted by Crippen LogP contribution is -2.33. The molecule has 2 heterocycles. The van der Waals surface area contributed by atoms with E-state index >= 15 is 0 Å². The molecule has 8 heteroatoms. The minimum atomic E-state index is -1.17. The highest BCUT2D eigenvalue weighted by Gasteiger charge is 2.42. The van der Waals surface area contributed by atoms with Gasteiger partial charge in [0, 0.05) is 22.6 Å². The number of hydrogen-bond acceptors (Lipinski definition) is 5. The molecule has 1 atom stereocenters. The third-order valence-corrected chi connectivity index (χ3v) is 5.26. The fraction of sp³-hybridized carbons (Fsp3) is 0.0476. The zero-order valence-corrected chi connectivity index (χ0v) is 14.8. The average molecular weight is 387 g/mol. The van der Waals surface area contributed by atoms with Gasteiger partial charge in [0.05, 0.1) is 16.8 Å². The molecule has 2 aliphatic rings. The number of hydrogen-bond donors (Lipinski definition) is 4. The van der Waals surface area contributed by atoms with Crippen LogP contribution in [0.2, 0.25) is 0 Å². The third-order valence-electron chi connectivity index (χ3n) is 5.26. The van der Waals surface area contributed by atoms with Crippen LogP contribution in [0, 0.1) is 0 Å². The van der Waals surface area contributed by atoms with Crippen molar-refractivity contribution in [1.82, 2.24) is 9.97 Å². The summed E-state index contributed by atoms with van der Waals surface area (Å²) in [6.07, 6.45) is 0. The van der Waals surface area contributed by atoms with Crippen LogP contribution in [-0.2, 0) is 0 Å². The number of aromatic nitrogens is 2. The number of Topliss-reactive ketones (excluding diaryl/α,β-unsaturated/α-hetero) is 1. The Kier molecular flexibility index (Phi) is 3.44. The summed E-state index contributed by atoms with van der Waals surface area (Å²) in [5, 5.41) is 12.7. The summed E-state index contributed by atoms with van der Waals surface area (Å²) in [4.78, 5) is 54.4. The minimum Gasteiger partial charge on any atom is -0.478 e. The fourth-order valence-electron chi connectivity index (χ4n) is 4.11. The number of aromatic amines is 2. The van der Waals surface area contributed by atoms with Gasteiger partial charge in [-0.1, -0.05) is 42.5 Å². The normalized spacial score (nSPS) is 16.7. The van der Waals surface area contributed by atoms with Gasteiger partial charge in [-0.05, 0) is 11.6 Å². The van der Waals surface area contributed by atoms with Gasteiger partial charge < -0.3 is 10.4 Å². The Bertz CT molecular complexity index is 1380. The Hall–Kier alpha value is -4.20. The number of H-pyrrole nitrogens is 2. The molecule has 1 aliphatic carbocycles. The molecule has 29 heavy (non-hydrogen) atoms. The SMILES string of the molecule is O=C1C2=C(Nc3[nH]c(=O)[nH]c(=O)c3[C@H]2c2ccccc2C(=O)O)c2ccccc21. The number of benzene rings is 2. The number of anilines is 1. The summed E-state index contributed by atoms with van der Waals surface area (Å²) in [7, 11) is 0. The Morgan fingerprint density at radius 3 is 2.34 bits per heavy atom. The van der Waals surface area contributed by atoms with Gasteiger partial charge >= 0.3 is 11.7 Å². The summed E-state index contributed by atoms with van der Waals surface area (Å²) in [5.74, 6) is -2.27. The third kappa shape index (κ3) is 2.32. The molecule has 0 fully saturated rings. The van der Waals surface area contributed by atoms with Crippen molar-refractivity contribution in [3.63, 3.8) is 0 Å². The topological polar surface area (TPSA) is 132 Å². The molecule has 1 aromatic heterocycles. The number of carbonyl (C=O) groups excluding carboxylic acids is 1. The van der Waals surface area contributed by atoms with Crippen LogP contribution in [0.15, 0.2) is 63.7 Å². The van der Waals surface area contributed by atoms with Gasteiger partial charge in [0.2, 0.25) is 0 Å². The molecular formula is C21H13N3O5. The number of carboxylic acid groups (broad SMARTS) is 1. The maximum absolute atomic E-state index is 13.3. The van der Waals surface area contributed by atoms with Crippen LogP contribution in [-0.4, -0.2) is 26.8 Å². The quantitative estimate of drug-likeness (QED) is 0.531. The van der Waals surface area contributed by atoms with Gasteiger partial charge in [0.15, 0.2) is 5.78 Å². The molecular weight excluding hydrogens is 374 g/mol. The highest BCUT2D eigenvalue weighted by molar-refractivity contribution is 6.24. The van der Waals surface area contributed by atoms with Crippen molar-refractivity contribution < 1.29 is 14.7 Å². The number of carbonyl (C=O) groups is 2. The van der Waals surface area contributed by atoms with Gasteiger partial charge in [-0.2, -0.15) is 0 Å². The van der Waals surface area contributed by atoms with Crippen molar-refractivity contribution in [3.8, 4) is 0 Å². The molecule has 0 spiro atoms. The zero-order chi connectivity index (χ0) is 20.3. The van der Waals surface area contributed by atoms with E-state index in [1.807, 2.05) is 0 Å². The number of allylic oxidation sites excluding steroid dienone is 1. The van der Waals surface area contributed by atoms with Crippen molar-refractivity contribution in [2.24, 2.45) is 0 Å². The van der Waals surface area contributed by atoms with E-state index in [0.29, 0.717) is 22.4 Å². The van der Waals surface area contributed by atoms with Gasteiger partial charge in [-0.15, -0.1) is 0 Å². The maximum atomic E-state index is 13.3. The van der Waals surface area contributed by atoms with Gasteiger partial charge in [0.25, 0.3) is 5.56 Å². The maximum Gasteiger partial charge on any atom is 0.335 e. The second-order valence-electron chi connectivity index (χ2n) is 6.81. The van der Waals surface area contributed by atoms with Crippen LogP contribution in [0.5, 0.6) is 0 Å². The summed E-state index contributed by atoms with van der Waals surface area (Å²) in [6.45, 7) is 0. The smallest absolute Gasteiger partial charge is 0.335 e. The first kappa shape index (κ1) is 16.9. The molecule has 3 aromatic rings. The van der Waals surface area contributed by atoms with Crippen molar-refractivity contribution >= 4 is 23.3 Å². The summed E-state index contributed by atoms with van der Waals surface area (Å²) in [6, 6.07) is 13.2. The van der Waals surface area contributed by atoms with Crippen LogP contribution in [0.4, 0.5) is 5.82 Å². The number of carboxylic acids is 1. The Labute approximate surface area is 162 Å². The molecule has 0 radical (unpaired) electrons. The summed E-state index contributed by atoms with van der Waals surface area (Å²) < 4.78 is 0. The van der Waals surface area contributed by atoms with Crippen LogP contribution in [0.25, 0.3) is 5.70 Å². The highest BCUT2D eigenvalue weighted by Crippen LogP contribution is 2.47. The van der Waals surface area contributed by atoms with Crippen molar-refractivity contribution in [2.75, 3.05) is 5.32 Å². The van der Waals surface area contributed by atoms with Crippen molar-refractivity contribution in [1.29, 1.82) is 0 Å². The van der Waals surface area contributed by atoms with E-state index in [2.05, 4.69) is 15.3 Å². The largest absolute Gasteiger partial charge is 0.478 e. The summed E-state index contributed by atoms with van der Waals surface area (Å²) >= 11 is 0. The van der Waals surface area contributed by atoms with Crippen molar-refractivity contribution in [3.05, 3.63) is 103 Å². The van der Waals surface area contributed by atoms with Crippen LogP contribution < -0.4 is 16.6 Å². The highest BCUT2D eigenvalue weighted by atomic mass is 16.4. The first-order valence-electron chi connectivity index (χ1n) is 8.81. The number of ketones is 1. The molecule has 5 rings (SSSR count). The molecule has 4 N–H and O–H groups in total. The van der Waals surface area contributed by atoms with Gasteiger partial charge in [0.1, 0.15) is 5.82 Å². The summed E-state index contributed by atoms with van der Waals surface area (Å²) in [5.41, 5.74) is 0.824. The zero-order valence-electron chi connectivity index (χ0n) is 14.8. The molecule has 2 aromatic carbocycles. The van der Waals surface area contributed by atoms with Gasteiger partial charge in [-0.3, -0.25) is 19.6 Å². The number of aromatic carboxylic acids is 1. The number of nitrogens with one attached hydrogen (secondary N) is 3. The lowest BCUT2D eigenvalue weighted by atomic mass is 9.80.